The van der Waals surface area contributed by atoms with Gasteiger partial charge in [-0.05, 0) is 43.2 Å². The van der Waals surface area contributed by atoms with Crippen molar-refractivity contribution in [2.24, 2.45) is 0 Å². The first-order chi connectivity index (χ1) is 14.3. The lowest BCUT2D eigenvalue weighted by Crippen LogP contribution is -2.35. The number of halogens is 2. The molecule has 1 amide bonds. The van der Waals surface area contributed by atoms with E-state index in [0.29, 0.717) is 18.8 Å². The highest BCUT2D eigenvalue weighted by Crippen LogP contribution is 2.33. The van der Waals surface area contributed by atoms with Crippen LogP contribution in [0.5, 0.6) is 11.5 Å². The molecule has 1 saturated heterocycles. The summed E-state index contributed by atoms with van der Waals surface area (Å²) in [6.45, 7) is 0.612. The van der Waals surface area contributed by atoms with Crippen LogP contribution in [0.1, 0.15) is 19.3 Å². The van der Waals surface area contributed by atoms with Gasteiger partial charge in [-0.15, -0.1) is 0 Å². The number of carbonyl (C=O) groups is 1. The molecule has 3 rings (SSSR count). The van der Waals surface area contributed by atoms with Crippen molar-refractivity contribution in [3.8, 4) is 11.5 Å². The number of carbonyl (C=O) groups excluding carboxylic acids is 1. The maximum absolute atomic E-state index is 12.9. The SMILES string of the molecule is COc1ccc(S(=O)(=O)N2CCCCC2)cc1NC(=O)COc1c(Cl)cccc1Cl. The Labute approximate surface area is 185 Å². The minimum Gasteiger partial charge on any atom is -0.495 e. The van der Waals surface area contributed by atoms with E-state index >= 15 is 0 Å². The molecule has 2 aromatic rings. The number of ether oxygens (including phenoxy) is 2. The number of amides is 1. The van der Waals surface area contributed by atoms with Crippen LogP contribution in [0.2, 0.25) is 10.0 Å². The van der Waals surface area contributed by atoms with Crippen molar-refractivity contribution < 1.29 is 22.7 Å². The highest BCUT2D eigenvalue weighted by Gasteiger charge is 2.27. The predicted molar refractivity (Wildman–Crippen MR) is 116 cm³/mol. The van der Waals surface area contributed by atoms with Crippen LogP contribution < -0.4 is 14.8 Å². The monoisotopic (exact) mass is 472 g/mol. The van der Waals surface area contributed by atoms with E-state index in [1.807, 2.05) is 0 Å². The number of benzene rings is 2. The van der Waals surface area contributed by atoms with E-state index in [1.165, 1.54) is 29.6 Å². The first kappa shape index (κ1) is 22.7. The number of para-hydroxylation sites is 1. The third kappa shape index (κ3) is 5.18. The first-order valence-electron chi connectivity index (χ1n) is 9.38. The van der Waals surface area contributed by atoms with Gasteiger partial charge in [-0.1, -0.05) is 35.7 Å². The van der Waals surface area contributed by atoms with E-state index in [-0.39, 0.29) is 33.0 Å². The molecule has 2 aromatic carbocycles. The zero-order chi connectivity index (χ0) is 21.7. The second-order valence-electron chi connectivity index (χ2n) is 6.71. The van der Waals surface area contributed by atoms with Gasteiger partial charge in [-0.3, -0.25) is 4.79 Å². The smallest absolute Gasteiger partial charge is 0.262 e. The largest absolute Gasteiger partial charge is 0.495 e. The van der Waals surface area contributed by atoms with Crippen molar-refractivity contribution in [3.63, 3.8) is 0 Å². The van der Waals surface area contributed by atoms with E-state index in [0.717, 1.165) is 19.3 Å². The number of sulfonamides is 1. The molecule has 1 aliphatic rings. The zero-order valence-electron chi connectivity index (χ0n) is 16.4. The standard InChI is InChI=1S/C20H22Cl2N2O5S/c1-28-18-9-8-14(30(26,27)24-10-3-2-4-11-24)12-17(18)23-19(25)13-29-20-15(21)6-5-7-16(20)22/h5-9,12H,2-4,10-11,13H2,1H3,(H,23,25). The van der Waals surface area contributed by atoms with Crippen molar-refractivity contribution in [2.75, 3.05) is 32.1 Å². The molecule has 30 heavy (non-hydrogen) atoms. The van der Waals surface area contributed by atoms with Crippen LogP contribution in [0, 0.1) is 0 Å². The molecule has 0 aromatic heterocycles. The maximum atomic E-state index is 12.9. The molecule has 7 nitrogen and oxygen atoms in total. The fourth-order valence-electron chi connectivity index (χ4n) is 3.14. The first-order valence-corrected chi connectivity index (χ1v) is 11.6. The van der Waals surface area contributed by atoms with Crippen LogP contribution in [0.15, 0.2) is 41.3 Å². The molecule has 162 valence electrons. The third-order valence-corrected chi connectivity index (χ3v) is 7.15. The summed E-state index contributed by atoms with van der Waals surface area (Å²) >= 11 is 12.1. The summed E-state index contributed by atoms with van der Waals surface area (Å²) in [6, 6.07) is 9.23. The average Bonchev–Trinajstić information content (AvgIpc) is 2.74. The van der Waals surface area contributed by atoms with Crippen molar-refractivity contribution in [3.05, 3.63) is 46.4 Å². The van der Waals surface area contributed by atoms with Gasteiger partial charge in [0.1, 0.15) is 5.75 Å². The molecule has 0 spiro atoms. The average molecular weight is 473 g/mol. The van der Waals surface area contributed by atoms with E-state index < -0.39 is 15.9 Å². The fraction of sp³-hybridized carbons (Fsp3) is 0.350. The molecular formula is C20H22Cl2N2O5S. The van der Waals surface area contributed by atoms with Gasteiger partial charge in [0.2, 0.25) is 10.0 Å². The van der Waals surface area contributed by atoms with Crippen molar-refractivity contribution in [1.82, 2.24) is 4.31 Å². The Morgan fingerprint density at radius 1 is 1.10 bits per heavy atom. The van der Waals surface area contributed by atoms with Crippen LogP contribution in [0.4, 0.5) is 5.69 Å². The summed E-state index contributed by atoms with van der Waals surface area (Å²) in [4.78, 5) is 12.5. The van der Waals surface area contributed by atoms with Crippen molar-refractivity contribution in [1.29, 1.82) is 0 Å². The number of rotatable bonds is 7. The van der Waals surface area contributed by atoms with Crippen molar-refractivity contribution in [2.45, 2.75) is 24.2 Å². The van der Waals surface area contributed by atoms with Gasteiger partial charge in [0, 0.05) is 13.1 Å². The zero-order valence-corrected chi connectivity index (χ0v) is 18.7. The summed E-state index contributed by atoms with van der Waals surface area (Å²) in [6.07, 6.45) is 2.69. The van der Waals surface area contributed by atoms with Gasteiger partial charge in [0.05, 0.1) is 27.7 Å². The molecule has 1 N–H and O–H groups in total. The predicted octanol–water partition coefficient (Wildman–Crippen LogP) is 4.19. The Morgan fingerprint density at radius 2 is 1.77 bits per heavy atom. The fourth-order valence-corrected chi connectivity index (χ4v) is 5.19. The summed E-state index contributed by atoms with van der Waals surface area (Å²) in [5.74, 6) is 0.0119. The molecule has 1 fully saturated rings. The Bertz CT molecular complexity index is 1000. The number of methoxy groups -OCH3 is 1. The van der Waals surface area contributed by atoms with E-state index in [4.69, 9.17) is 32.7 Å². The maximum Gasteiger partial charge on any atom is 0.262 e. The van der Waals surface area contributed by atoms with E-state index in [1.54, 1.807) is 18.2 Å². The number of piperidine rings is 1. The number of anilines is 1. The molecule has 1 aliphatic heterocycles. The van der Waals surface area contributed by atoms with Gasteiger partial charge in [-0.25, -0.2) is 8.42 Å². The number of nitrogens with one attached hydrogen (secondary N) is 1. The summed E-state index contributed by atoms with van der Waals surface area (Å²) in [7, 11) is -2.22. The molecule has 0 aliphatic carbocycles. The van der Waals surface area contributed by atoms with E-state index in [2.05, 4.69) is 5.32 Å². The molecule has 0 saturated carbocycles. The number of nitrogens with zero attached hydrogens (tertiary/aromatic N) is 1. The number of hydrogen-bond donors (Lipinski definition) is 1. The van der Waals surface area contributed by atoms with Gasteiger partial charge in [0.15, 0.2) is 12.4 Å². The summed E-state index contributed by atoms with van der Waals surface area (Å²) in [5.41, 5.74) is 0.231. The van der Waals surface area contributed by atoms with Crippen LogP contribution in [-0.2, 0) is 14.8 Å². The lowest BCUT2D eigenvalue weighted by atomic mass is 10.2. The molecule has 10 heteroatoms. The van der Waals surface area contributed by atoms with Crippen LogP contribution in [0.3, 0.4) is 0 Å². The van der Waals surface area contributed by atoms with Gasteiger partial charge in [0.25, 0.3) is 5.91 Å². The minimum absolute atomic E-state index is 0.0931. The molecular weight excluding hydrogens is 451 g/mol. The summed E-state index contributed by atoms with van der Waals surface area (Å²) < 4.78 is 38.0. The molecule has 1 heterocycles. The second-order valence-corrected chi connectivity index (χ2v) is 9.47. The summed E-state index contributed by atoms with van der Waals surface area (Å²) in [5, 5.41) is 3.19. The van der Waals surface area contributed by atoms with Crippen molar-refractivity contribution >= 4 is 44.8 Å². The second kappa shape index (κ2) is 9.87. The Balaban J connectivity index is 1.76. The number of hydrogen-bond acceptors (Lipinski definition) is 5. The Morgan fingerprint density at radius 3 is 2.40 bits per heavy atom. The van der Waals surface area contributed by atoms with Crippen LogP contribution in [-0.4, -0.2) is 45.4 Å². The highest BCUT2D eigenvalue weighted by atomic mass is 35.5. The third-order valence-electron chi connectivity index (χ3n) is 4.66. The Kier molecular flexibility index (Phi) is 7.46. The van der Waals surface area contributed by atoms with Crippen LogP contribution in [0.25, 0.3) is 0 Å². The molecule has 0 atom stereocenters. The van der Waals surface area contributed by atoms with Gasteiger partial charge >= 0.3 is 0 Å². The van der Waals surface area contributed by atoms with Crippen LogP contribution >= 0.6 is 23.2 Å². The quantitative estimate of drug-likeness (QED) is 0.652. The minimum atomic E-state index is -3.65. The molecule has 0 unspecified atom stereocenters. The lowest BCUT2D eigenvalue weighted by molar-refractivity contribution is -0.118. The molecule has 0 radical (unpaired) electrons. The normalized spacial score (nSPS) is 14.9. The topological polar surface area (TPSA) is 84.9 Å². The van der Waals surface area contributed by atoms with E-state index in [9.17, 15) is 13.2 Å². The molecule has 0 bridgehead atoms. The Hall–Kier alpha value is -2.00. The van der Waals surface area contributed by atoms with Gasteiger partial charge in [-0.2, -0.15) is 4.31 Å². The lowest BCUT2D eigenvalue weighted by Gasteiger charge is -2.26. The highest BCUT2D eigenvalue weighted by molar-refractivity contribution is 7.89. The van der Waals surface area contributed by atoms with Gasteiger partial charge < -0.3 is 14.8 Å².